The van der Waals surface area contributed by atoms with Gasteiger partial charge in [0.05, 0.1) is 4.91 Å². The van der Waals surface area contributed by atoms with Crippen molar-refractivity contribution >= 4 is 5.57 Å². The van der Waals surface area contributed by atoms with Gasteiger partial charge in [-0.2, -0.15) is 0 Å². The van der Waals surface area contributed by atoms with E-state index in [1.165, 1.54) is 61.8 Å². The molecule has 0 radical (unpaired) electrons. The fourth-order valence-corrected chi connectivity index (χ4v) is 4.11. The molecule has 2 aliphatic rings. The lowest BCUT2D eigenvalue weighted by molar-refractivity contribution is -0.755. The maximum absolute atomic E-state index is 8.24. The Balaban J connectivity index is 0.000000701. The van der Waals surface area contributed by atoms with E-state index in [4.69, 9.17) is 10.1 Å². The predicted molar refractivity (Wildman–Crippen MR) is 101 cm³/mol. The molecule has 0 spiro atoms. The summed E-state index contributed by atoms with van der Waals surface area (Å²) in [5.41, 5.74) is 4.32. The highest BCUT2D eigenvalue weighted by Gasteiger charge is 2.27. The van der Waals surface area contributed by atoms with Crippen molar-refractivity contribution in [1.29, 1.82) is 0 Å². The number of hydrogen-bond acceptors (Lipinski definition) is 3. The van der Waals surface area contributed by atoms with Crippen LogP contribution in [0.5, 0.6) is 0 Å². The summed E-state index contributed by atoms with van der Waals surface area (Å²) >= 11 is 0. The van der Waals surface area contributed by atoms with Crippen LogP contribution < -0.4 is 16.0 Å². The van der Waals surface area contributed by atoms with Gasteiger partial charge in [-0.1, -0.05) is 37.3 Å². The predicted octanol–water partition coefficient (Wildman–Crippen LogP) is 2.56. The van der Waals surface area contributed by atoms with Crippen LogP contribution >= 0.6 is 0 Å². The van der Waals surface area contributed by atoms with Crippen molar-refractivity contribution < 1.29 is 10.5 Å². The third-order valence-electron chi connectivity index (χ3n) is 5.44. The molecule has 1 aromatic carbocycles. The molecular formula is C20H32N3O2+. The second kappa shape index (κ2) is 10.2. The number of hydrogen-bond donors (Lipinski definition) is 4. The highest BCUT2D eigenvalue weighted by molar-refractivity contribution is 5.70. The van der Waals surface area contributed by atoms with E-state index in [-0.39, 0.29) is 0 Å². The fraction of sp³-hybridized carbons (Fsp3) is 0.600. The molecule has 25 heavy (non-hydrogen) atoms. The van der Waals surface area contributed by atoms with Gasteiger partial charge in [0.2, 0.25) is 0 Å². The molecule has 0 heterocycles. The molecule has 138 valence electrons. The van der Waals surface area contributed by atoms with Gasteiger partial charge in [-0.05, 0) is 62.0 Å². The summed E-state index contributed by atoms with van der Waals surface area (Å²) in [5, 5.41) is 14.7. The second-order valence-electron chi connectivity index (χ2n) is 7.17. The second-order valence-corrected chi connectivity index (χ2v) is 7.17. The maximum Gasteiger partial charge on any atom is 0.198 e. The molecule has 1 aromatic rings. The number of allylic oxidation sites excluding steroid dienone is 1. The monoisotopic (exact) mass is 346 g/mol. The average Bonchev–Trinajstić information content (AvgIpc) is 2.65. The van der Waals surface area contributed by atoms with E-state index < -0.39 is 0 Å². The zero-order valence-corrected chi connectivity index (χ0v) is 15.4. The SMILES string of the molecule is CNC1=C(c2ccccc2)CCCC1NC1CCC(C)CC1.O=[NH+]O. The number of likely N-dealkylation sites (N-methyl/N-ethyl adjacent to an activating group) is 1. The summed E-state index contributed by atoms with van der Waals surface area (Å²) in [6.07, 6.45) is 9.20. The molecular weight excluding hydrogens is 314 g/mol. The lowest BCUT2D eigenvalue weighted by Crippen LogP contribution is -2.58. The van der Waals surface area contributed by atoms with E-state index in [9.17, 15) is 0 Å². The smallest absolute Gasteiger partial charge is 0.198 e. The summed E-state index contributed by atoms with van der Waals surface area (Å²) < 4.78 is 0. The summed E-state index contributed by atoms with van der Waals surface area (Å²) in [4.78, 5) is 8.24. The largest absolute Gasteiger partial charge is 0.390 e. The Hall–Kier alpha value is -1.88. The molecule has 2 aliphatic carbocycles. The first-order valence-corrected chi connectivity index (χ1v) is 9.43. The lowest BCUT2D eigenvalue weighted by atomic mass is 9.84. The van der Waals surface area contributed by atoms with Crippen LogP contribution in [0.3, 0.4) is 0 Å². The molecule has 5 nitrogen and oxygen atoms in total. The number of nitrogens with one attached hydrogen (secondary N) is 3. The molecule has 0 aliphatic heterocycles. The van der Waals surface area contributed by atoms with Gasteiger partial charge in [0, 0.05) is 24.8 Å². The number of rotatable bonds is 4. The van der Waals surface area contributed by atoms with Crippen molar-refractivity contribution in [3.05, 3.63) is 46.5 Å². The quantitative estimate of drug-likeness (QED) is 0.632. The first-order chi connectivity index (χ1) is 12.2. The van der Waals surface area contributed by atoms with Gasteiger partial charge < -0.3 is 10.6 Å². The Labute approximate surface area is 150 Å². The van der Waals surface area contributed by atoms with Crippen molar-refractivity contribution in [2.24, 2.45) is 5.92 Å². The minimum Gasteiger partial charge on any atom is -0.390 e. The molecule has 3 rings (SSSR count). The van der Waals surface area contributed by atoms with Crippen molar-refractivity contribution in [2.75, 3.05) is 7.05 Å². The molecule has 1 atom stereocenters. The Morgan fingerprint density at radius 3 is 2.32 bits per heavy atom. The summed E-state index contributed by atoms with van der Waals surface area (Å²) in [6.45, 7) is 2.39. The van der Waals surface area contributed by atoms with E-state index in [1.54, 1.807) is 0 Å². The minimum atomic E-state index is 0.500. The summed E-state index contributed by atoms with van der Waals surface area (Å²) in [7, 11) is 2.08. The van der Waals surface area contributed by atoms with Crippen molar-refractivity contribution in [3.63, 3.8) is 0 Å². The first kappa shape index (κ1) is 19.4. The van der Waals surface area contributed by atoms with E-state index in [0.29, 0.717) is 17.4 Å². The molecule has 1 unspecified atom stereocenters. The Morgan fingerprint density at radius 1 is 1.08 bits per heavy atom. The van der Waals surface area contributed by atoms with Gasteiger partial charge in [-0.15, -0.1) is 0 Å². The average molecular weight is 346 g/mol. The van der Waals surface area contributed by atoms with Crippen LogP contribution in [0.1, 0.15) is 57.4 Å². The van der Waals surface area contributed by atoms with Crippen LogP contribution in [0.15, 0.2) is 36.0 Å². The van der Waals surface area contributed by atoms with Gasteiger partial charge >= 0.3 is 0 Å². The maximum atomic E-state index is 8.24. The third-order valence-corrected chi connectivity index (χ3v) is 5.44. The van der Waals surface area contributed by atoms with E-state index in [1.807, 2.05) is 0 Å². The van der Waals surface area contributed by atoms with Crippen LogP contribution in [0.2, 0.25) is 0 Å². The number of benzene rings is 1. The molecule has 5 heteroatoms. The van der Waals surface area contributed by atoms with Crippen LogP contribution in [-0.4, -0.2) is 24.3 Å². The first-order valence-electron chi connectivity index (χ1n) is 9.43. The van der Waals surface area contributed by atoms with E-state index in [2.05, 4.69) is 54.9 Å². The van der Waals surface area contributed by atoms with Gasteiger partial charge in [0.25, 0.3) is 0 Å². The molecule has 1 saturated carbocycles. The Morgan fingerprint density at radius 2 is 1.72 bits per heavy atom. The van der Waals surface area contributed by atoms with Crippen molar-refractivity contribution in [2.45, 2.75) is 64.0 Å². The molecule has 0 saturated heterocycles. The zero-order valence-electron chi connectivity index (χ0n) is 15.4. The van der Waals surface area contributed by atoms with Crippen LogP contribution in [0, 0.1) is 10.8 Å². The fourth-order valence-electron chi connectivity index (χ4n) is 4.11. The normalized spacial score (nSPS) is 26.4. The zero-order chi connectivity index (χ0) is 18.1. The van der Waals surface area contributed by atoms with Gasteiger partial charge in [0.1, 0.15) is 0 Å². The summed E-state index contributed by atoms with van der Waals surface area (Å²) in [5.74, 6) is 0.920. The molecule has 0 bridgehead atoms. The van der Waals surface area contributed by atoms with Gasteiger partial charge in [-0.3, -0.25) is 0 Å². The van der Waals surface area contributed by atoms with Crippen LogP contribution in [-0.2, 0) is 0 Å². The van der Waals surface area contributed by atoms with E-state index in [0.717, 1.165) is 5.92 Å². The van der Waals surface area contributed by atoms with Gasteiger partial charge in [0.15, 0.2) is 5.34 Å². The van der Waals surface area contributed by atoms with E-state index >= 15 is 0 Å². The Bertz CT molecular complexity index is 551. The van der Waals surface area contributed by atoms with Crippen LogP contribution in [0.25, 0.3) is 5.57 Å². The molecule has 0 aromatic heterocycles. The topological polar surface area (TPSA) is 75.3 Å². The van der Waals surface area contributed by atoms with Crippen LogP contribution in [0.4, 0.5) is 0 Å². The van der Waals surface area contributed by atoms with Crippen molar-refractivity contribution in [3.8, 4) is 0 Å². The summed E-state index contributed by atoms with van der Waals surface area (Å²) in [6, 6.07) is 12.1. The highest BCUT2D eigenvalue weighted by atomic mass is 16.6. The highest BCUT2D eigenvalue weighted by Crippen LogP contribution is 2.32. The molecule has 1 fully saturated rings. The molecule has 4 N–H and O–H groups in total. The molecule has 0 amide bonds. The van der Waals surface area contributed by atoms with Crippen molar-refractivity contribution in [1.82, 2.24) is 10.6 Å². The minimum absolute atomic E-state index is 0.500. The third kappa shape index (κ3) is 5.56. The lowest BCUT2D eigenvalue weighted by Gasteiger charge is -2.35. The van der Waals surface area contributed by atoms with Gasteiger partial charge in [-0.25, -0.2) is 5.21 Å². The Kier molecular flexibility index (Phi) is 7.92. The standard InChI is InChI=1S/C20H30N2.HNO2/c1-15-11-13-17(14-12-15)22-19-10-6-9-18(20(19)21-2)16-7-4-3-5-8-16;2-1-3/h3-5,7-8,15,17,19,21-22H,6,9-14H2,1-2H3;1H/p+1.